The molecule has 1 aromatic carbocycles. The van der Waals surface area contributed by atoms with Crippen molar-refractivity contribution in [2.75, 3.05) is 52.3 Å². The topological polar surface area (TPSA) is 68.8 Å². The molecular formula is C17H27ClN2O4S. The Labute approximate surface area is 159 Å². The number of thioether (sulfide) groups is 1. The number of fused-ring (bicyclic) bond motifs is 1. The molecule has 0 saturated heterocycles. The lowest BCUT2D eigenvalue weighted by Gasteiger charge is -2.09. The number of methoxy groups -OCH3 is 1. The molecule has 0 unspecified atom stereocenters. The maximum Gasteiger partial charge on any atom is 0.220 e. The lowest BCUT2D eigenvalue weighted by atomic mass is 10.3. The summed E-state index contributed by atoms with van der Waals surface area (Å²) in [7, 11) is 1.67. The second-order valence-corrected chi connectivity index (χ2v) is 6.52. The summed E-state index contributed by atoms with van der Waals surface area (Å²) in [6, 6.07) is 5.94. The highest BCUT2D eigenvalue weighted by Gasteiger charge is 2.11. The first-order valence-electron chi connectivity index (χ1n) is 8.28. The predicted octanol–water partition coefficient (Wildman–Crippen LogP) is 2.10. The van der Waals surface area contributed by atoms with Crippen molar-refractivity contribution in [3.8, 4) is 11.5 Å². The molecule has 0 radical (unpaired) electrons. The zero-order valence-corrected chi connectivity index (χ0v) is 16.2. The van der Waals surface area contributed by atoms with Crippen LogP contribution in [0.4, 0.5) is 0 Å². The van der Waals surface area contributed by atoms with Gasteiger partial charge in [-0.25, -0.2) is 0 Å². The molecule has 1 aromatic rings. The molecule has 2 rings (SSSR count). The smallest absolute Gasteiger partial charge is 0.220 e. The van der Waals surface area contributed by atoms with Crippen molar-refractivity contribution in [1.29, 1.82) is 0 Å². The Morgan fingerprint density at radius 2 is 2.00 bits per heavy atom. The average molecular weight is 391 g/mol. The fourth-order valence-corrected chi connectivity index (χ4v) is 3.05. The molecule has 0 aromatic heterocycles. The van der Waals surface area contributed by atoms with Crippen LogP contribution in [0.1, 0.15) is 12.8 Å². The second kappa shape index (κ2) is 13.1. The lowest BCUT2D eigenvalue weighted by molar-refractivity contribution is -0.120. The molecule has 6 nitrogen and oxygen atoms in total. The van der Waals surface area contributed by atoms with Crippen LogP contribution in [0.15, 0.2) is 23.1 Å². The summed E-state index contributed by atoms with van der Waals surface area (Å²) in [6.07, 6.45) is 1.40. The van der Waals surface area contributed by atoms with Gasteiger partial charge in [0.05, 0.1) is 19.8 Å². The van der Waals surface area contributed by atoms with Gasteiger partial charge in [-0.05, 0) is 18.2 Å². The van der Waals surface area contributed by atoms with E-state index < -0.39 is 0 Å². The third-order valence-corrected chi connectivity index (χ3v) is 4.42. The molecule has 1 aliphatic heterocycles. The zero-order valence-electron chi connectivity index (χ0n) is 14.5. The first-order chi connectivity index (χ1) is 11.8. The molecule has 0 bridgehead atoms. The van der Waals surface area contributed by atoms with E-state index in [0.29, 0.717) is 32.8 Å². The highest BCUT2D eigenvalue weighted by Crippen LogP contribution is 2.33. The molecule has 0 aliphatic carbocycles. The predicted molar refractivity (Wildman–Crippen MR) is 102 cm³/mol. The van der Waals surface area contributed by atoms with E-state index in [4.69, 9.17) is 14.2 Å². The average Bonchev–Trinajstić information content (AvgIpc) is 2.83. The van der Waals surface area contributed by atoms with Crippen LogP contribution in [0.2, 0.25) is 0 Å². The largest absolute Gasteiger partial charge is 0.490 e. The fraction of sp³-hybridized carbons (Fsp3) is 0.588. The van der Waals surface area contributed by atoms with Crippen molar-refractivity contribution in [2.24, 2.45) is 0 Å². The first-order valence-corrected chi connectivity index (χ1v) is 9.27. The standard InChI is InChI=1S/C17H26N2O4S.ClH/c1-21-11-8-18-6-7-19-17(20)5-12-24-14-3-4-15-16(13-14)23-10-2-9-22-15;/h3-4,13,18H,2,5-12H2,1H3,(H,19,20);1H. The molecule has 142 valence electrons. The van der Waals surface area contributed by atoms with E-state index in [1.165, 1.54) is 0 Å². The molecule has 0 spiro atoms. The third kappa shape index (κ3) is 8.67. The van der Waals surface area contributed by atoms with Crippen molar-refractivity contribution in [3.05, 3.63) is 18.2 Å². The molecule has 1 amide bonds. The Morgan fingerprint density at radius 3 is 2.80 bits per heavy atom. The molecule has 8 heteroatoms. The third-order valence-electron chi connectivity index (χ3n) is 3.42. The van der Waals surface area contributed by atoms with Crippen LogP contribution in [0.3, 0.4) is 0 Å². The summed E-state index contributed by atoms with van der Waals surface area (Å²) in [4.78, 5) is 12.9. The van der Waals surface area contributed by atoms with E-state index in [1.807, 2.05) is 18.2 Å². The quantitative estimate of drug-likeness (QED) is 0.471. The monoisotopic (exact) mass is 390 g/mol. The summed E-state index contributed by atoms with van der Waals surface area (Å²) in [5, 5.41) is 6.09. The van der Waals surface area contributed by atoms with Gasteiger partial charge in [-0.1, -0.05) is 0 Å². The summed E-state index contributed by atoms with van der Waals surface area (Å²) < 4.78 is 16.2. The summed E-state index contributed by atoms with van der Waals surface area (Å²) in [5.74, 6) is 2.41. The number of halogens is 1. The van der Waals surface area contributed by atoms with Crippen LogP contribution >= 0.6 is 24.2 Å². The van der Waals surface area contributed by atoms with Gasteiger partial charge in [-0.2, -0.15) is 0 Å². The van der Waals surface area contributed by atoms with Crippen molar-refractivity contribution in [2.45, 2.75) is 17.7 Å². The Balaban J connectivity index is 0.00000312. The lowest BCUT2D eigenvalue weighted by Crippen LogP contribution is -2.33. The SMILES string of the molecule is COCCNCCNC(=O)CCSc1ccc2c(c1)OCCCO2.Cl. The number of carbonyl (C=O) groups is 1. The van der Waals surface area contributed by atoms with E-state index in [9.17, 15) is 4.79 Å². The Bertz CT molecular complexity index is 519. The molecular weight excluding hydrogens is 364 g/mol. The van der Waals surface area contributed by atoms with Crippen LogP contribution in [0, 0.1) is 0 Å². The highest BCUT2D eigenvalue weighted by molar-refractivity contribution is 7.99. The van der Waals surface area contributed by atoms with E-state index in [-0.39, 0.29) is 18.3 Å². The fourth-order valence-electron chi connectivity index (χ4n) is 2.17. The number of carbonyl (C=O) groups excluding carboxylic acids is 1. The van der Waals surface area contributed by atoms with Gasteiger partial charge in [0, 0.05) is 50.2 Å². The van der Waals surface area contributed by atoms with Crippen LogP contribution in [-0.2, 0) is 9.53 Å². The minimum atomic E-state index is 0. The number of nitrogens with one attached hydrogen (secondary N) is 2. The molecule has 25 heavy (non-hydrogen) atoms. The normalized spacial score (nSPS) is 12.8. The number of hydrogen-bond acceptors (Lipinski definition) is 6. The number of ether oxygens (including phenoxy) is 3. The number of benzene rings is 1. The Kier molecular flexibility index (Phi) is 11.5. The Hall–Kier alpha value is -1.15. The van der Waals surface area contributed by atoms with E-state index >= 15 is 0 Å². The van der Waals surface area contributed by atoms with Crippen molar-refractivity contribution in [3.63, 3.8) is 0 Å². The minimum absolute atomic E-state index is 0. The number of amides is 1. The van der Waals surface area contributed by atoms with Gasteiger partial charge >= 0.3 is 0 Å². The number of rotatable bonds is 10. The molecule has 2 N–H and O–H groups in total. The van der Waals surface area contributed by atoms with Crippen LogP contribution < -0.4 is 20.1 Å². The van der Waals surface area contributed by atoms with Crippen LogP contribution in [0.5, 0.6) is 11.5 Å². The highest BCUT2D eigenvalue weighted by atomic mass is 35.5. The van der Waals surface area contributed by atoms with Crippen molar-refractivity contribution < 1.29 is 19.0 Å². The van der Waals surface area contributed by atoms with Crippen LogP contribution in [0.25, 0.3) is 0 Å². The van der Waals surface area contributed by atoms with Gasteiger partial charge in [0.2, 0.25) is 5.91 Å². The summed E-state index contributed by atoms with van der Waals surface area (Å²) in [6.45, 7) is 4.25. The van der Waals surface area contributed by atoms with E-state index in [0.717, 1.165) is 41.7 Å². The van der Waals surface area contributed by atoms with Gasteiger partial charge in [0.25, 0.3) is 0 Å². The van der Waals surface area contributed by atoms with Gasteiger partial charge in [0.1, 0.15) is 0 Å². The Morgan fingerprint density at radius 1 is 1.20 bits per heavy atom. The van der Waals surface area contributed by atoms with Crippen molar-refractivity contribution in [1.82, 2.24) is 10.6 Å². The summed E-state index contributed by atoms with van der Waals surface area (Å²) in [5.41, 5.74) is 0. The maximum absolute atomic E-state index is 11.8. The molecule has 0 saturated carbocycles. The molecule has 1 aliphatic rings. The second-order valence-electron chi connectivity index (χ2n) is 5.35. The van der Waals surface area contributed by atoms with Gasteiger partial charge in [-0.3, -0.25) is 4.79 Å². The van der Waals surface area contributed by atoms with E-state index in [2.05, 4.69) is 10.6 Å². The molecule has 0 fully saturated rings. The molecule has 0 atom stereocenters. The van der Waals surface area contributed by atoms with Crippen molar-refractivity contribution >= 4 is 30.1 Å². The maximum atomic E-state index is 11.8. The van der Waals surface area contributed by atoms with E-state index in [1.54, 1.807) is 18.9 Å². The summed E-state index contributed by atoms with van der Waals surface area (Å²) >= 11 is 1.65. The first kappa shape index (κ1) is 21.9. The zero-order chi connectivity index (χ0) is 17.0. The minimum Gasteiger partial charge on any atom is -0.490 e. The molecule has 1 heterocycles. The van der Waals surface area contributed by atoms with Crippen LogP contribution in [-0.4, -0.2) is 58.2 Å². The van der Waals surface area contributed by atoms with Gasteiger partial charge in [-0.15, -0.1) is 24.2 Å². The number of hydrogen-bond donors (Lipinski definition) is 2. The van der Waals surface area contributed by atoms with Gasteiger partial charge in [0.15, 0.2) is 11.5 Å². The van der Waals surface area contributed by atoms with Gasteiger partial charge < -0.3 is 24.8 Å².